The van der Waals surface area contributed by atoms with Gasteiger partial charge in [0.15, 0.2) is 0 Å². The van der Waals surface area contributed by atoms with E-state index in [9.17, 15) is 9.18 Å². The maximum absolute atomic E-state index is 13.5. The third-order valence-electron chi connectivity index (χ3n) is 2.60. The molecule has 0 saturated heterocycles. The number of carbonyl (C=O) groups is 1. The van der Waals surface area contributed by atoms with Crippen molar-refractivity contribution in [3.8, 4) is 0 Å². The number of nitrogens with zero attached hydrogens (tertiary/aromatic N) is 1. The van der Waals surface area contributed by atoms with Crippen LogP contribution >= 0.6 is 0 Å². The second-order valence-corrected chi connectivity index (χ2v) is 3.94. The van der Waals surface area contributed by atoms with Crippen molar-refractivity contribution in [2.75, 3.05) is 17.6 Å². The molecule has 0 bridgehead atoms. The van der Waals surface area contributed by atoms with Gasteiger partial charge in [0.25, 0.3) is 0 Å². The van der Waals surface area contributed by atoms with Gasteiger partial charge in [0.2, 0.25) is 0 Å². The maximum Gasteiger partial charge on any atom is 0.338 e. The molecule has 6 nitrogen and oxygen atoms in total. The van der Waals surface area contributed by atoms with Crippen LogP contribution < -0.4 is 11.1 Å². The van der Waals surface area contributed by atoms with Gasteiger partial charge in [0.05, 0.1) is 16.9 Å². The molecular formula is C12H13FN4O2. The number of anilines is 2. The predicted octanol–water partition coefficient (Wildman–Crippen LogP) is 1.48. The molecule has 0 saturated carbocycles. The zero-order valence-electron chi connectivity index (χ0n) is 9.98. The number of halogens is 1. The minimum Gasteiger partial charge on any atom is -0.478 e. The number of aromatic nitrogens is 2. The highest BCUT2D eigenvalue weighted by atomic mass is 19.1. The first-order valence-electron chi connectivity index (χ1n) is 5.62. The van der Waals surface area contributed by atoms with Gasteiger partial charge < -0.3 is 21.1 Å². The van der Waals surface area contributed by atoms with Gasteiger partial charge in [0, 0.05) is 25.4 Å². The molecule has 19 heavy (non-hydrogen) atoms. The van der Waals surface area contributed by atoms with Gasteiger partial charge in [-0.2, -0.15) is 0 Å². The van der Waals surface area contributed by atoms with E-state index >= 15 is 0 Å². The first-order valence-corrected chi connectivity index (χ1v) is 5.62. The van der Waals surface area contributed by atoms with Crippen molar-refractivity contribution in [1.29, 1.82) is 0 Å². The van der Waals surface area contributed by atoms with Gasteiger partial charge in [-0.1, -0.05) is 0 Å². The molecule has 7 heteroatoms. The number of aromatic amines is 1. The Hall–Kier alpha value is -2.57. The fraction of sp³-hybridized carbons (Fsp3) is 0.167. The minimum absolute atomic E-state index is 0.193. The summed E-state index contributed by atoms with van der Waals surface area (Å²) in [7, 11) is 0. The van der Waals surface area contributed by atoms with Crippen LogP contribution in [-0.4, -0.2) is 27.6 Å². The molecule has 1 heterocycles. The number of H-pyrrole nitrogens is 1. The van der Waals surface area contributed by atoms with Crippen LogP contribution in [0, 0.1) is 5.82 Å². The van der Waals surface area contributed by atoms with E-state index in [4.69, 9.17) is 10.8 Å². The fourth-order valence-electron chi connectivity index (χ4n) is 1.66. The van der Waals surface area contributed by atoms with Crippen LogP contribution in [0.2, 0.25) is 0 Å². The first-order chi connectivity index (χ1) is 9.08. The molecule has 0 aliphatic heterocycles. The van der Waals surface area contributed by atoms with Crippen LogP contribution in [0.15, 0.2) is 24.5 Å². The lowest BCUT2D eigenvalue weighted by Gasteiger charge is -2.10. The SMILES string of the molecule is Nc1cc(C(=O)O)c(F)cc1NCCc1ncc[nH]1. The summed E-state index contributed by atoms with van der Waals surface area (Å²) in [5.74, 6) is -1.36. The van der Waals surface area contributed by atoms with Crippen LogP contribution in [0.1, 0.15) is 16.2 Å². The summed E-state index contributed by atoms with van der Waals surface area (Å²) in [4.78, 5) is 17.7. The summed E-state index contributed by atoms with van der Waals surface area (Å²) in [5.41, 5.74) is 5.80. The summed E-state index contributed by atoms with van der Waals surface area (Å²) >= 11 is 0. The zero-order chi connectivity index (χ0) is 13.8. The van der Waals surface area contributed by atoms with Crippen LogP contribution in [0.25, 0.3) is 0 Å². The van der Waals surface area contributed by atoms with Crippen molar-refractivity contribution < 1.29 is 14.3 Å². The standard InChI is InChI=1S/C12H13FN4O2/c13-8-6-10(9(14)5-7(8)12(18)19)15-2-1-11-16-3-4-17-11/h3-6,15H,1-2,14H2,(H,16,17)(H,18,19). The highest BCUT2D eigenvalue weighted by molar-refractivity contribution is 5.90. The molecule has 1 aromatic carbocycles. The predicted molar refractivity (Wildman–Crippen MR) is 68.6 cm³/mol. The quantitative estimate of drug-likeness (QED) is 0.612. The molecular weight excluding hydrogens is 251 g/mol. The molecule has 2 rings (SSSR count). The van der Waals surface area contributed by atoms with Gasteiger partial charge in [0.1, 0.15) is 11.6 Å². The number of aromatic carboxylic acids is 1. The van der Waals surface area contributed by atoms with Gasteiger partial charge in [-0.3, -0.25) is 0 Å². The van der Waals surface area contributed by atoms with Crippen molar-refractivity contribution in [2.45, 2.75) is 6.42 Å². The molecule has 100 valence electrons. The number of rotatable bonds is 5. The monoisotopic (exact) mass is 264 g/mol. The largest absolute Gasteiger partial charge is 0.478 e. The van der Waals surface area contributed by atoms with Crippen molar-refractivity contribution in [1.82, 2.24) is 9.97 Å². The third-order valence-corrected chi connectivity index (χ3v) is 2.60. The van der Waals surface area contributed by atoms with Gasteiger partial charge >= 0.3 is 5.97 Å². The molecule has 0 aliphatic carbocycles. The number of hydrogen-bond donors (Lipinski definition) is 4. The van der Waals surface area contributed by atoms with E-state index in [1.165, 1.54) is 0 Å². The summed E-state index contributed by atoms with van der Waals surface area (Å²) in [6.45, 7) is 0.504. The molecule has 5 N–H and O–H groups in total. The molecule has 1 aromatic heterocycles. The van der Waals surface area contributed by atoms with Crippen LogP contribution in [0.5, 0.6) is 0 Å². The first kappa shape index (κ1) is 12.9. The summed E-state index contributed by atoms with van der Waals surface area (Å²) < 4.78 is 13.5. The van der Waals surface area contributed by atoms with Gasteiger partial charge in [-0.15, -0.1) is 0 Å². The summed E-state index contributed by atoms with van der Waals surface area (Å²) in [6, 6.07) is 2.19. The van der Waals surface area contributed by atoms with Crippen molar-refractivity contribution in [3.63, 3.8) is 0 Å². The number of benzene rings is 1. The smallest absolute Gasteiger partial charge is 0.338 e. The van der Waals surface area contributed by atoms with Crippen molar-refractivity contribution in [2.24, 2.45) is 0 Å². The van der Waals surface area contributed by atoms with E-state index in [2.05, 4.69) is 15.3 Å². The maximum atomic E-state index is 13.5. The Balaban J connectivity index is 2.04. The van der Waals surface area contributed by atoms with E-state index in [-0.39, 0.29) is 5.69 Å². The van der Waals surface area contributed by atoms with E-state index < -0.39 is 17.3 Å². The minimum atomic E-state index is -1.34. The van der Waals surface area contributed by atoms with E-state index in [0.29, 0.717) is 18.7 Å². The average molecular weight is 264 g/mol. The molecule has 2 aromatic rings. The number of carboxylic acid groups (broad SMARTS) is 1. The Kier molecular flexibility index (Phi) is 3.65. The molecule has 0 amide bonds. The molecule has 0 radical (unpaired) electrons. The molecule has 0 aliphatic rings. The fourth-order valence-corrected chi connectivity index (χ4v) is 1.66. The lowest BCUT2D eigenvalue weighted by atomic mass is 10.1. The van der Waals surface area contributed by atoms with Crippen molar-refractivity contribution >= 4 is 17.3 Å². The third kappa shape index (κ3) is 3.01. The molecule has 0 unspecified atom stereocenters. The van der Waals surface area contributed by atoms with Crippen molar-refractivity contribution in [3.05, 3.63) is 41.7 Å². The number of nitrogen functional groups attached to an aromatic ring is 1. The van der Waals surface area contributed by atoms with Crippen LogP contribution in [0.3, 0.4) is 0 Å². The number of carboxylic acids is 1. The van der Waals surface area contributed by atoms with E-state index in [1.807, 2.05) is 0 Å². The highest BCUT2D eigenvalue weighted by Crippen LogP contribution is 2.23. The lowest BCUT2D eigenvalue weighted by molar-refractivity contribution is 0.0692. The Morgan fingerprint density at radius 3 is 2.95 bits per heavy atom. The molecule has 0 fully saturated rings. The second kappa shape index (κ2) is 5.38. The van der Waals surface area contributed by atoms with E-state index in [1.54, 1.807) is 12.4 Å². The van der Waals surface area contributed by atoms with Gasteiger partial charge in [-0.05, 0) is 12.1 Å². The Bertz CT molecular complexity index is 584. The molecule has 0 spiro atoms. The van der Waals surface area contributed by atoms with Gasteiger partial charge in [-0.25, -0.2) is 14.2 Å². The molecule has 0 atom stereocenters. The topological polar surface area (TPSA) is 104 Å². The summed E-state index contributed by atoms with van der Waals surface area (Å²) in [6.07, 6.45) is 3.98. The van der Waals surface area contributed by atoms with Crippen LogP contribution in [0.4, 0.5) is 15.8 Å². The second-order valence-electron chi connectivity index (χ2n) is 3.94. The Morgan fingerprint density at radius 2 is 2.32 bits per heavy atom. The number of imidazole rings is 1. The normalized spacial score (nSPS) is 10.4. The van der Waals surface area contributed by atoms with Crippen LogP contribution in [-0.2, 0) is 6.42 Å². The Morgan fingerprint density at radius 1 is 1.53 bits per heavy atom. The zero-order valence-corrected chi connectivity index (χ0v) is 9.98. The number of nitrogens with one attached hydrogen (secondary N) is 2. The average Bonchev–Trinajstić information content (AvgIpc) is 2.85. The Labute approximate surface area is 108 Å². The lowest BCUT2D eigenvalue weighted by Crippen LogP contribution is -2.10. The van der Waals surface area contributed by atoms with E-state index in [0.717, 1.165) is 18.0 Å². The summed E-state index contributed by atoms with van der Waals surface area (Å²) in [5, 5.41) is 11.7. The number of hydrogen-bond acceptors (Lipinski definition) is 4. The highest BCUT2D eigenvalue weighted by Gasteiger charge is 2.13. The number of nitrogens with two attached hydrogens (primary N) is 1.